The number of halogens is 2. The molecule has 0 saturated carbocycles. The molecule has 6 nitrogen and oxygen atoms in total. The molecule has 0 spiro atoms. The van der Waals surface area contributed by atoms with E-state index in [1.165, 1.54) is 6.07 Å². The zero-order chi connectivity index (χ0) is 20.8. The second-order valence-corrected chi connectivity index (χ2v) is 8.07. The summed E-state index contributed by atoms with van der Waals surface area (Å²) >= 11 is 11.7. The van der Waals surface area contributed by atoms with Crippen molar-refractivity contribution in [3.05, 3.63) is 56.5 Å². The summed E-state index contributed by atoms with van der Waals surface area (Å²) in [4.78, 5) is 24.0. The molecule has 0 aliphatic heterocycles. The largest absolute Gasteiger partial charge is 0.491 e. The van der Waals surface area contributed by atoms with Gasteiger partial charge in [0.25, 0.3) is 5.91 Å². The van der Waals surface area contributed by atoms with E-state index in [4.69, 9.17) is 17.0 Å². The molecule has 148 valence electrons. The smallest absolute Gasteiger partial charge is 0.337 e. The number of thiocarbonyl (C=S) groups is 1. The van der Waals surface area contributed by atoms with E-state index >= 15 is 0 Å². The van der Waals surface area contributed by atoms with Crippen LogP contribution in [0.4, 0.5) is 5.69 Å². The maximum atomic E-state index is 12.5. The molecule has 0 bridgehead atoms. The fraction of sp³-hybridized carbons (Fsp3) is 0.211. The van der Waals surface area contributed by atoms with Crippen LogP contribution in [-0.4, -0.2) is 28.2 Å². The van der Waals surface area contributed by atoms with Gasteiger partial charge in [-0.05, 0) is 71.8 Å². The summed E-state index contributed by atoms with van der Waals surface area (Å²) < 4.78 is 6.80. The zero-order valence-corrected chi connectivity index (χ0v) is 19.1. The molecule has 0 fully saturated rings. The Bertz CT molecular complexity index is 921. The van der Waals surface area contributed by atoms with Gasteiger partial charge in [-0.2, -0.15) is 0 Å². The van der Waals surface area contributed by atoms with Gasteiger partial charge in [0, 0.05) is 14.5 Å². The van der Waals surface area contributed by atoms with E-state index in [1.54, 1.807) is 30.3 Å². The van der Waals surface area contributed by atoms with Crippen molar-refractivity contribution in [1.82, 2.24) is 5.32 Å². The molecule has 3 N–H and O–H groups in total. The van der Waals surface area contributed by atoms with Crippen molar-refractivity contribution in [2.75, 3.05) is 5.32 Å². The third-order valence-corrected chi connectivity index (χ3v) is 5.05. The summed E-state index contributed by atoms with van der Waals surface area (Å²) in [6.07, 6.45) is 0.878. The third kappa shape index (κ3) is 6.02. The molecule has 0 unspecified atom stereocenters. The summed E-state index contributed by atoms with van der Waals surface area (Å²) in [5.74, 6) is -0.976. The number of carbonyl (C=O) groups excluding carboxylic acids is 1. The van der Waals surface area contributed by atoms with E-state index in [2.05, 4.69) is 42.5 Å². The molecule has 0 aliphatic carbocycles. The predicted molar refractivity (Wildman–Crippen MR) is 119 cm³/mol. The van der Waals surface area contributed by atoms with Crippen LogP contribution in [0, 0.1) is 0 Å². The Hall–Kier alpha value is -1.97. The van der Waals surface area contributed by atoms with Crippen LogP contribution in [0.25, 0.3) is 0 Å². The van der Waals surface area contributed by atoms with Crippen molar-refractivity contribution in [1.29, 1.82) is 0 Å². The number of amides is 1. The highest BCUT2D eigenvalue weighted by atomic mass is 79.9. The number of hydrogen-bond acceptors (Lipinski definition) is 4. The molecule has 9 heteroatoms. The fourth-order valence-electron chi connectivity index (χ4n) is 2.22. The lowest BCUT2D eigenvalue weighted by Gasteiger charge is -2.15. The molecule has 28 heavy (non-hydrogen) atoms. The highest BCUT2D eigenvalue weighted by Gasteiger charge is 2.17. The van der Waals surface area contributed by atoms with Crippen molar-refractivity contribution in [2.24, 2.45) is 0 Å². The molecular formula is C19H18Br2N2O4S. The van der Waals surface area contributed by atoms with Gasteiger partial charge in [0.2, 0.25) is 0 Å². The number of anilines is 1. The maximum Gasteiger partial charge on any atom is 0.337 e. The Morgan fingerprint density at radius 3 is 2.61 bits per heavy atom. The number of carboxylic acid groups (broad SMARTS) is 1. The highest BCUT2D eigenvalue weighted by Crippen LogP contribution is 2.31. The van der Waals surface area contributed by atoms with Crippen molar-refractivity contribution in [3.63, 3.8) is 0 Å². The lowest BCUT2D eigenvalue weighted by atomic mass is 10.2. The molecule has 0 heterocycles. The normalized spacial score (nSPS) is 11.4. The number of hydrogen-bond donors (Lipinski definition) is 3. The Morgan fingerprint density at radius 2 is 1.96 bits per heavy atom. The second kappa shape index (κ2) is 9.99. The number of carbonyl (C=O) groups is 2. The first-order valence-electron chi connectivity index (χ1n) is 8.32. The molecular weight excluding hydrogens is 512 g/mol. The Balaban J connectivity index is 2.13. The monoisotopic (exact) mass is 528 g/mol. The number of benzene rings is 2. The van der Waals surface area contributed by atoms with Crippen LogP contribution in [0.15, 0.2) is 45.3 Å². The molecule has 0 aliphatic rings. The van der Waals surface area contributed by atoms with Crippen LogP contribution in [0.1, 0.15) is 41.0 Å². The average molecular weight is 530 g/mol. The van der Waals surface area contributed by atoms with Gasteiger partial charge < -0.3 is 15.2 Å². The van der Waals surface area contributed by atoms with Crippen molar-refractivity contribution < 1.29 is 19.4 Å². The first-order chi connectivity index (χ1) is 13.2. The quantitative estimate of drug-likeness (QED) is 0.445. The topological polar surface area (TPSA) is 87.7 Å². The Kier molecular flexibility index (Phi) is 7.97. The number of nitrogens with one attached hydrogen (secondary N) is 2. The second-order valence-electron chi connectivity index (χ2n) is 5.89. The van der Waals surface area contributed by atoms with Gasteiger partial charge in [-0.1, -0.05) is 28.9 Å². The Labute approximate surface area is 184 Å². The standard InChI is InChI=1S/C19H18Br2N2O4S/c1-3-10(2)27-13-6-4-5-11(7-13)17(24)23-19(28)22-16-14(18(25)26)8-12(20)9-15(16)21/h4-10H,3H2,1-2H3,(H,25,26)(H2,22,23,24,28)/t10-/m0/s1. The van der Waals surface area contributed by atoms with E-state index in [9.17, 15) is 14.7 Å². The Morgan fingerprint density at radius 1 is 1.25 bits per heavy atom. The van der Waals surface area contributed by atoms with Gasteiger partial charge in [-0.25, -0.2) is 4.79 Å². The summed E-state index contributed by atoms with van der Waals surface area (Å²) in [6, 6.07) is 9.88. The summed E-state index contributed by atoms with van der Waals surface area (Å²) in [7, 11) is 0. The molecule has 1 atom stereocenters. The lowest BCUT2D eigenvalue weighted by molar-refractivity contribution is 0.0697. The molecule has 2 aromatic rings. The van der Waals surface area contributed by atoms with E-state index in [0.717, 1.165) is 6.42 Å². The van der Waals surface area contributed by atoms with Crippen molar-refractivity contribution >= 4 is 66.8 Å². The van der Waals surface area contributed by atoms with Gasteiger partial charge in [-0.15, -0.1) is 0 Å². The van der Waals surface area contributed by atoms with Crippen LogP contribution >= 0.6 is 44.1 Å². The summed E-state index contributed by atoms with van der Waals surface area (Å²) in [5.41, 5.74) is 0.620. The third-order valence-electron chi connectivity index (χ3n) is 3.76. The van der Waals surface area contributed by atoms with Gasteiger partial charge in [0.05, 0.1) is 17.4 Å². The van der Waals surface area contributed by atoms with Crippen molar-refractivity contribution in [2.45, 2.75) is 26.4 Å². The lowest BCUT2D eigenvalue weighted by Crippen LogP contribution is -2.34. The highest BCUT2D eigenvalue weighted by molar-refractivity contribution is 9.11. The molecule has 1 amide bonds. The summed E-state index contributed by atoms with van der Waals surface area (Å²) in [5, 5.41) is 14.7. The van der Waals surface area contributed by atoms with Crippen LogP contribution in [0.5, 0.6) is 5.75 Å². The molecule has 0 saturated heterocycles. The maximum absolute atomic E-state index is 12.5. The molecule has 0 radical (unpaired) electrons. The van der Waals surface area contributed by atoms with Crippen LogP contribution in [0.3, 0.4) is 0 Å². The van der Waals surface area contributed by atoms with Gasteiger partial charge in [0.1, 0.15) is 5.75 Å². The zero-order valence-electron chi connectivity index (χ0n) is 15.1. The van der Waals surface area contributed by atoms with Crippen LogP contribution in [0.2, 0.25) is 0 Å². The minimum absolute atomic E-state index is 0.00167. The first kappa shape index (κ1) is 22.3. The number of rotatable bonds is 6. The van der Waals surface area contributed by atoms with E-state index in [1.807, 2.05) is 13.8 Å². The SMILES string of the molecule is CC[C@H](C)Oc1cccc(C(=O)NC(=S)Nc2c(Br)cc(Br)cc2C(=O)O)c1. The van der Waals surface area contributed by atoms with Gasteiger partial charge in [-0.3, -0.25) is 10.1 Å². The van der Waals surface area contributed by atoms with E-state index in [0.29, 0.717) is 20.3 Å². The molecule has 0 aromatic heterocycles. The van der Waals surface area contributed by atoms with Crippen LogP contribution < -0.4 is 15.4 Å². The average Bonchev–Trinajstić information content (AvgIpc) is 2.63. The predicted octanol–water partition coefficient (Wildman–Crippen LogP) is 5.21. The summed E-state index contributed by atoms with van der Waals surface area (Å²) in [6.45, 7) is 3.96. The fourth-order valence-corrected chi connectivity index (χ4v) is 3.73. The molecule has 2 aromatic carbocycles. The van der Waals surface area contributed by atoms with Crippen molar-refractivity contribution in [3.8, 4) is 5.75 Å². The minimum Gasteiger partial charge on any atom is -0.491 e. The van der Waals surface area contributed by atoms with Gasteiger partial charge in [0.15, 0.2) is 5.11 Å². The molecule has 2 rings (SSSR count). The number of aromatic carboxylic acids is 1. The van der Waals surface area contributed by atoms with E-state index < -0.39 is 11.9 Å². The minimum atomic E-state index is -1.13. The van der Waals surface area contributed by atoms with Gasteiger partial charge >= 0.3 is 5.97 Å². The number of carboxylic acids is 1. The van der Waals surface area contributed by atoms with E-state index in [-0.39, 0.29) is 22.5 Å². The van der Waals surface area contributed by atoms with Crippen LogP contribution in [-0.2, 0) is 0 Å². The number of ether oxygens (including phenoxy) is 1. The first-order valence-corrected chi connectivity index (χ1v) is 10.3.